The molecule has 0 saturated carbocycles. The molecule has 0 bridgehead atoms. The van der Waals surface area contributed by atoms with E-state index in [1.807, 2.05) is 0 Å². The Hall–Kier alpha value is -0.540. The van der Waals surface area contributed by atoms with Crippen LogP contribution in [0.5, 0.6) is 0 Å². The molecule has 0 saturated heterocycles. The van der Waals surface area contributed by atoms with Gasteiger partial charge in [0, 0.05) is 7.05 Å². The molecule has 0 atom stereocenters. The van der Waals surface area contributed by atoms with Crippen LogP contribution in [0.4, 0.5) is 5.82 Å². The second-order valence-electron chi connectivity index (χ2n) is 1.99. The summed E-state index contributed by atoms with van der Waals surface area (Å²) in [4.78, 5) is 7.73. The molecule has 5 heteroatoms. The van der Waals surface area contributed by atoms with Crippen molar-refractivity contribution in [3.8, 4) is 0 Å². The van der Waals surface area contributed by atoms with E-state index in [0.717, 1.165) is 0 Å². The first kappa shape index (κ1) is 8.56. The molecule has 0 aliphatic carbocycles. The first-order valence-electron chi connectivity index (χ1n) is 3.02. The Morgan fingerprint density at radius 1 is 1.27 bits per heavy atom. The van der Waals surface area contributed by atoms with E-state index in [-0.39, 0.29) is 5.28 Å². The molecule has 0 aromatic carbocycles. The number of anilines is 1. The molecule has 0 unspecified atom stereocenters. The van der Waals surface area contributed by atoms with Crippen molar-refractivity contribution in [1.82, 2.24) is 9.97 Å². The quantitative estimate of drug-likeness (QED) is 0.692. The van der Waals surface area contributed by atoms with E-state index in [9.17, 15) is 0 Å². The topological polar surface area (TPSA) is 37.8 Å². The van der Waals surface area contributed by atoms with Crippen LogP contribution in [0.3, 0.4) is 0 Å². The summed E-state index contributed by atoms with van der Waals surface area (Å²) in [6, 6.07) is 0. The van der Waals surface area contributed by atoms with Crippen LogP contribution in [0.15, 0.2) is 0 Å². The molecule has 1 rings (SSSR count). The van der Waals surface area contributed by atoms with Crippen LogP contribution >= 0.6 is 23.2 Å². The van der Waals surface area contributed by atoms with Gasteiger partial charge >= 0.3 is 0 Å². The monoisotopic (exact) mass is 191 g/mol. The summed E-state index contributed by atoms with van der Waals surface area (Å²) in [5, 5.41) is 3.53. The smallest absolute Gasteiger partial charge is 0.224 e. The van der Waals surface area contributed by atoms with Gasteiger partial charge in [0.1, 0.15) is 10.8 Å². The minimum Gasteiger partial charge on any atom is -0.372 e. The number of nitrogens with one attached hydrogen (secondary N) is 1. The Bertz CT molecular complexity index is 275. The van der Waals surface area contributed by atoms with Gasteiger partial charge in [-0.05, 0) is 18.5 Å². The zero-order valence-corrected chi connectivity index (χ0v) is 7.66. The molecule has 60 valence electrons. The molecule has 0 amide bonds. The summed E-state index contributed by atoms with van der Waals surface area (Å²) in [5.74, 6) is 0.559. The number of rotatable bonds is 1. The van der Waals surface area contributed by atoms with Crippen LogP contribution in [0.2, 0.25) is 10.3 Å². The predicted octanol–water partition coefficient (Wildman–Crippen LogP) is 2.13. The maximum atomic E-state index is 5.82. The summed E-state index contributed by atoms with van der Waals surface area (Å²) in [6.45, 7) is 1.77. The van der Waals surface area contributed by atoms with E-state index < -0.39 is 0 Å². The van der Waals surface area contributed by atoms with E-state index in [4.69, 9.17) is 23.2 Å². The first-order chi connectivity index (χ1) is 5.15. The van der Waals surface area contributed by atoms with Crippen LogP contribution in [-0.2, 0) is 0 Å². The van der Waals surface area contributed by atoms with Crippen molar-refractivity contribution in [2.45, 2.75) is 6.92 Å². The Kier molecular flexibility index (Phi) is 2.52. The molecular weight excluding hydrogens is 185 g/mol. The van der Waals surface area contributed by atoms with E-state index in [1.54, 1.807) is 14.0 Å². The van der Waals surface area contributed by atoms with Gasteiger partial charge in [-0.15, -0.1) is 0 Å². The number of aromatic nitrogens is 2. The number of hydrogen-bond acceptors (Lipinski definition) is 3. The lowest BCUT2D eigenvalue weighted by molar-refractivity contribution is 1.10. The fraction of sp³-hybridized carbons (Fsp3) is 0.333. The maximum Gasteiger partial charge on any atom is 0.224 e. The number of aryl methyl sites for hydroxylation is 1. The number of nitrogens with zero attached hydrogens (tertiary/aromatic N) is 2. The normalized spacial score (nSPS) is 9.82. The van der Waals surface area contributed by atoms with Crippen molar-refractivity contribution in [2.75, 3.05) is 12.4 Å². The average Bonchev–Trinajstić information content (AvgIpc) is 1.96. The Morgan fingerprint density at radius 2 is 1.91 bits per heavy atom. The number of hydrogen-bond donors (Lipinski definition) is 1. The molecule has 11 heavy (non-hydrogen) atoms. The molecule has 1 heterocycles. The van der Waals surface area contributed by atoms with Gasteiger partial charge in [-0.3, -0.25) is 0 Å². The Balaban J connectivity index is 3.24. The zero-order chi connectivity index (χ0) is 8.43. The van der Waals surface area contributed by atoms with E-state index in [1.165, 1.54) is 0 Å². The summed E-state index contributed by atoms with van der Waals surface area (Å²) in [7, 11) is 1.73. The standard InChI is InChI=1S/C6H7Cl2N3/c1-3-4(7)5(9-2)11-6(8)10-3/h1-2H3,(H,9,10,11). The lowest BCUT2D eigenvalue weighted by Crippen LogP contribution is -1.97. The van der Waals surface area contributed by atoms with Gasteiger partial charge in [-0.2, -0.15) is 4.98 Å². The molecule has 1 aromatic heterocycles. The molecular formula is C6H7Cl2N3. The maximum absolute atomic E-state index is 5.82. The van der Waals surface area contributed by atoms with Crippen molar-refractivity contribution < 1.29 is 0 Å². The van der Waals surface area contributed by atoms with Gasteiger partial charge in [0.05, 0.1) is 5.69 Å². The third-order valence-corrected chi connectivity index (χ3v) is 1.85. The minimum atomic E-state index is 0.205. The largest absolute Gasteiger partial charge is 0.372 e. The summed E-state index contributed by atoms with van der Waals surface area (Å²) in [5.41, 5.74) is 0.677. The van der Waals surface area contributed by atoms with Crippen molar-refractivity contribution in [3.05, 3.63) is 16.0 Å². The highest BCUT2D eigenvalue weighted by Crippen LogP contribution is 2.22. The molecule has 3 nitrogen and oxygen atoms in total. The second-order valence-corrected chi connectivity index (χ2v) is 2.71. The highest BCUT2D eigenvalue weighted by Gasteiger charge is 2.05. The fourth-order valence-corrected chi connectivity index (χ4v) is 1.08. The van der Waals surface area contributed by atoms with E-state index >= 15 is 0 Å². The second kappa shape index (κ2) is 3.24. The van der Waals surface area contributed by atoms with Crippen LogP contribution in [0.25, 0.3) is 0 Å². The lowest BCUT2D eigenvalue weighted by Gasteiger charge is -2.03. The predicted molar refractivity (Wildman–Crippen MR) is 46.3 cm³/mol. The Labute approximate surface area is 74.8 Å². The van der Waals surface area contributed by atoms with Gasteiger partial charge in [-0.25, -0.2) is 4.98 Å². The van der Waals surface area contributed by atoms with Crippen LogP contribution in [0, 0.1) is 6.92 Å². The highest BCUT2D eigenvalue weighted by molar-refractivity contribution is 6.34. The van der Waals surface area contributed by atoms with Gasteiger partial charge in [0.25, 0.3) is 0 Å². The molecule has 1 aromatic rings. The molecule has 0 aliphatic rings. The highest BCUT2D eigenvalue weighted by atomic mass is 35.5. The van der Waals surface area contributed by atoms with Crippen LogP contribution < -0.4 is 5.32 Å². The SMILES string of the molecule is CNc1nc(Cl)nc(C)c1Cl. The van der Waals surface area contributed by atoms with Gasteiger partial charge in [0.2, 0.25) is 5.28 Å². The van der Waals surface area contributed by atoms with Crippen LogP contribution in [0.1, 0.15) is 5.69 Å². The third-order valence-electron chi connectivity index (χ3n) is 1.23. The van der Waals surface area contributed by atoms with Crippen molar-refractivity contribution >= 4 is 29.0 Å². The lowest BCUT2D eigenvalue weighted by atomic mass is 10.4. The van der Waals surface area contributed by atoms with Crippen molar-refractivity contribution in [2.24, 2.45) is 0 Å². The zero-order valence-electron chi connectivity index (χ0n) is 6.15. The molecule has 0 fully saturated rings. The van der Waals surface area contributed by atoms with E-state index in [2.05, 4.69) is 15.3 Å². The summed E-state index contributed by atoms with van der Waals surface area (Å²) < 4.78 is 0. The summed E-state index contributed by atoms with van der Waals surface area (Å²) in [6.07, 6.45) is 0. The van der Waals surface area contributed by atoms with Gasteiger partial charge in [0.15, 0.2) is 0 Å². The molecule has 0 radical (unpaired) electrons. The molecule has 1 N–H and O–H groups in total. The van der Waals surface area contributed by atoms with E-state index in [0.29, 0.717) is 16.5 Å². The number of halogens is 2. The average molecular weight is 192 g/mol. The minimum absolute atomic E-state index is 0.205. The fourth-order valence-electron chi connectivity index (χ4n) is 0.691. The Morgan fingerprint density at radius 3 is 2.45 bits per heavy atom. The van der Waals surface area contributed by atoms with Crippen molar-refractivity contribution in [3.63, 3.8) is 0 Å². The molecule has 0 spiro atoms. The van der Waals surface area contributed by atoms with Gasteiger partial charge < -0.3 is 5.32 Å². The van der Waals surface area contributed by atoms with Gasteiger partial charge in [-0.1, -0.05) is 11.6 Å². The third kappa shape index (κ3) is 1.73. The molecule has 0 aliphatic heterocycles. The first-order valence-corrected chi connectivity index (χ1v) is 3.78. The van der Waals surface area contributed by atoms with Crippen molar-refractivity contribution in [1.29, 1.82) is 0 Å². The summed E-state index contributed by atoms with van der Waals surface area (Å²) >= 11 is 11.4. The van der Waals surface area contributed by atoms with Crippen LogP contribution in [-0.4, -0.2) is 17.0 Å².